The molecule has 0 spiro atoms. The van der Waals surface area contributed by atoms with Crippen molar-refractivity contribution >= 4 is 40.8 Å². The Bertz CT molecular complexity index is 1130. The molecular weight excluding hydrogens is 440 g/mol. The van der Waals surface area contributed by atoms with E-state index in [2.05, 4.69) is 10.6 Å². The summed E-state index contributed by atoms with van der Waals surface area (Å²) >= 11 is 6.00. The average Bonchev–Trinajstić information content (AvgIpc) is 3.34. The third-order valence-corrected chi connectivity index (χ3v) is 4.55. The van der Waals surface area contributed by atoms with Gasteiger partial charge in [0.2, 0.25) is 0 Å². The number of nitrogens with one attached hydrogen (secondary N) is 2. The smallest absolute Gasteiger partial charge is 0.340 e. The molecule has 0 bridgehead atoms. The molecule has 10 heteroatoms. The van der Waals surface area contributed by atoms with Crippen molar-refractivity contribution in [2.24, 2.45) is 0 Å². The Balaban J connectivity index is 1.78. The Morgan fingerprint density at radius 1 is 0.938 bits per heavy atom. The summed E-state index contributed by atoms with van der Waals surface area (Å²) in [6.45, 7) is -0.579. The number of anilines is 2. The van der Waals surface area contributed by atoms with Crippen LogP contribution in [0.1, 0.15) is 20.9 Å². The first-order valence-electron chi connectivity index (χ1n) is 9.25. The van der Waals surface area contributed by atoms with E-state index in [-0.39, 0.29) is 28.5 Å². The maximum absolute atomic E-state index is 12.7. The van der Waals surface area contributed by atoms with Gasteiger partial charge in [-0.3, -0.25) is 9.59 Å². The van der Waals surface area contributed by atoms with Gasteiger partial charge in [-0.25, -0.2) is 4.79 Å². The number of hydrogen-bond acceptors (Lipinski definition) is 7. The molecule has 1 heterocycles. The number of ether oxygens (including phenoxy) is 3. The molecule has 0 fully saturated rings. The normalized spacial score (nSPS) is 10.2. The Morgan fingerprint density at radius 2 is 1.66 bits per heavy atom. The highest BCUT2D eigenvalue weighted by Crippen LogP contribution is 2.34. The number of para-hydroxylation sites is 1. The van der Waals surface area contributed by atoms with Crippen molar-refractivity contribution in [3.8, 4) is 11.5 Å². The van der Waals surface area contributed by atoms with E-state index in [1.165, 1.54) is 38.7 Å². The van der Waals surface area contributed by atoms with E-state index in [1.54, 1.807) is 30.3 Å². The van der Waals surface area contributed by atoms with Gasteiger partial charge in [0, 0.05) is 12.1 Å². The van der Waals surface area contributed by atoms with Crippen LogP contribution in [0.5, 0.6) is 11.5 Å². The summed E-state index contributed by atoms with van der Waals surface area (Å²) < 4.78 is 20.6. The molecule has 2 N–H and O–H groups in total. The van der Waals surface area contributed by atoms with Gasteiger partial charge in [-0.1, -0.05) is 23.7 Å². The fourth-order valence-electron chi connectivity index (χ4n) is 2.70. The van der Waals surface area contributed by atoms with E-state index in [0.29, 0.717) is 10.7 Å². The number of carbonyl (C=O) groups is 3. The van der Waals surface area contributed by atoms with Crippen LogP contribution in [0.4, 0.5) is 11.4 Å². The molecule has 166 valence electrons. The van der Waals surface area contributed by atoms with E-state index < -0.39 is 24.4 Å². The molecule has 1 aromatic heterocycles. The van der Waals surface area contributed by atoms with Gasteiger partial charge in [-0.05, 0) is 24.3 Å². The van der Waals surface area contributed by atoms with Crippen molar-refractivity contribution in [1.82, 2.24) is 0 Å². The SMILES string of the molecule is COc1cc(NC(=O)c2ccco2)c(C(=O)OCC(=O)Nc2ccccc2Cl)cc1OC. The van der Waals surface area contributed by atoms with Crippen molar-refractivity contribution < 1.29 is 33.0 Å². The van der Waals surface area contributed by atoms with E-state index in [4.69, 9.17) is 30.2 Å². The summed E-state index contributed by atoms with van der Waals surface area (Å²) in [6, 6.07) is 12.4. The quantitative estimate of drug-likeness (QED) is 0.490. The monoisotopic (exact) mass is 458 g/mol. The zero-order chi connectivity index (χ0) is 23.1. The minimum atomic E-state index is -0.866. The van der Waals surface area contributed by atoms with Crippen molar-refractivity contribution in [3.63, 3.8) is 0 Å². The highest BCUT2D eigenvalue weighted by molar-refractivity contribution is 6.33. The number of benzene rings is 2. The number of furan rings is 1. The Labute approximate surface area is 188 Å². The molecular formula is C22H19ClN2O7. The predicted octanol–water partition coefficient (Wildman–Crippen LogP) is 4.00. The lowest BCUT2D eigenvalue weighted by atomic mass is 10.1. The number of carbonyl (C=O) groups excluding carboxylic acids is 3. The Kier molecular flexibility index (Phi) is 7.35. The average molecular weight is 459 g/mol. The zero-order valence-corrected chi connectivity index (χ0v) is 17.9. The molecule has 0 saturated heterocycles. The van der Waals surface area contributed by atoms with Crippen LogP contribution in [0.25, 0.3) is 0 Å². The fraction of sp³-hybridized carbons (Fsp3) is 0.136. The number of rotatable bonds is 8. The molecule has 9 nitrogen and oxygen atoms in total. The van der Waals surface area contributed by atoms with E-state index in [0.717, 1.165) is 0 Å². The lowest BCUT2D eigenvalue weighted by molar-refractivity contribution is -0.119. The van der Waals surface area contributed by atoms with Gasteiger partial charge in [-0.2, -0.15) is 0 Å². The lowest BCUT2D eigenvalue weighted by Gasteiger charge is -2.15. The van der Waals surface area contributed by atoms with Crippen LogP contribution in [-0.2, 0) is 9.53 Å². The highest BCUT2D eigenvalue weighted by Gasteiger charge is 2.22. The summed E-state index contributed by atoms with van der Waals surface area (Å²) in [5.41, 5.74) is 0.418. The number of amides is 2. The number of esters is 1. The Hall–Kier alpha value is -3.98. The van der Waals surface area contributed by atoms with Gasteiger partial charge in [0.15, 0.2) is 23.9 Å². The van der Waals surface area contributed by atoms with E-state index in [1.807, 2.05) is 0 Å². The summed E-state index contributed by atoms with van der Waals surface area (Å²) in [7, 11) is 2.80. The molecule has 32 heavy (non-hydrogen) atoms. The van der Waals surface area contributed by atoms with Gasteiger partial charge in [-0.15, -0.1) is 0 Å². The number of methoxy groups -OCH3 is 2. The van der Waals surface area contributed by atoms with Gasteiger partial charge in [0.05, 0.1) is 42.4 Å². The standard InChI is InChI=1S/C22H19ClN2O7/c1-29-18-10-13(16(11-19(18)30-2)25-21(27)17-8-5-9-31-17)22(28)32-12-20(26)24-15-7-4-3-6-14(15)23/h3-11H,12H2,1-2H3,(H,24,26)(H,25,27). The molecule has 2 amide bonds. The summed E-state index contributed by atoms with van der Waals surface area (Å²) in [4.78, 5) is 37.3. The molecule has 0 atom stereocenters. The van der Waals surface area contributed by atoms with Crippen molar-refractivity contribution in [3.05, 3.63) is 71.1 Å². The summed E-state index contributed by atoms with van der Waals surface area (Å²) in [5, 5.41) is 5.46. The molecule has 2 aromatic carbocycles. The highest BCUT2D eigenvalue weighted by atomic mass is 35.5. The van der Waals surface area contributed by atoms with E-state index in [9.17, 15) is 14.4 Å². The van der Waals surface area contributed by atoms with Crippen LogP contribution in [-0.4, -0.2) is 38.6 Å². The van der Waals surface area contributed by atoms with Gasteiger partial charge < -0.3 is 29.3 Å². The predicted molar refractivity (Wildman–Crippen MR) is 117 cm³/mol. The van der Waals surface area contributed by atoms with Gasteiger partial charge in [0.1, 0.15) is 0 Å². The van der Waals surface area contributed by atoms with Crippen LogP contribution < -0.4 is 20.1 Å². The second-order valence-corrected chi connectivity index (χ2v) is 6.70. The molecule has 0 saturated carbocycles. The molecule has 0 unspecified atom stereocenters. The second-order valence-electron chi connectivity index (χ2n) is 6.29. The largest absolute Gasteiger partial charge is 0.493 e. The first-order chi connectivity index (χ1) is 15.4. The third-order valence-electron chi connectivity index (χ3n) is 4.22. The van der Waals surface area contributed by atoms with E-state index >= 15 is 0 Å². The van der Waals surface area contributed by atoms with Crippen molar-refractivity contribution in [2.75, 3.05) is 31.5 Å². The van der Waals surface area contributed by atoms with Crippen LogP contribution in [0, 0.1) is 0 Å². The number of halogens is 1. The molecule has 3 aromatic rings. The summed E-state index contributed by atoms with van der Waals surface area (Å²) in [6.07, 6.45) is 1.34. The zero-order valence-electron chi connectivity index (χ0n) is 17.1. The lowest BCUT2D eigenvalue weighted by Crippen LogP contribution is -2.22. The van der Waals surface area contributed by atoms with Crippen LogP contribution in [0.3, 0.4) is 0 Å². The van der Waals surface area contributed by atoms with Gasteiger partial charge >= 0.3 is 5.97 Å². The minimum Gasteiger partial charge on any atom is -0.493 e. The second kappa shape index (κ2) is 10.4. The molecule has 0 radical (unpaired) electrons. The maximum atomic E-state index is 12.7. The van der Waals surface area contributed by atoms with Crippen LogP contribution in [0.15, 0.2) is 59.2 Å². The topological polar surface area (TPSA) is 116 Å². The Morgan fingerprint density at radius 3 is 2.31 bits per heavy atom. The summed E-state index contributed by atoms with van der Waals surface area (Å²) in [5.74, 6) is -1.50. The van der Waals surface area contributed by atoms with Crippen molar-refractivity contribution in [2.45, 2.75) is 0 Å². The van der Waals surface area contributed by atoms with Gasteiger partial charge in [0.25, 0.3) is 11.8 Å². The fourth-order valence-corrected chi connectivity index (χ4v) is 2.88. The minimum absolute atomic E-state index is 0.0400. The van der Waals surface area contributed by atoms with Crippen molar-refractivity contribution in [1.29, 1.82) is 0 Å². The number of hydrogen-bond donors (Lipinski definition) is 2. The molecule has 0 aliphatic carbocycles. The molecule has 0 aliphatic rings. The maximum Gasteiger partial charge on any atom is 0.340 e. The molecule has 3 rings (SSSR count). The van der Waals surface area contributed by atoms with Crippen LogP contribution >= 0.6 is 11.6 Å². The molecule has 0 aliphatic heterocycles. The first-order valence-corrected chi connectivity index (χ1v) is 9.63. The third kappa shape index (κ3) is 5.38. The van der Waals surface area contributed by atoms with Crippen LogP contribution in [0.2, 0.25) is 5.02 Å². The first kappa shape index (κ1) is 22.7.